The van der Waals surface area contributed by atoms with Crippen molar-refractivity contribution in [3.8, 4) is 0 Å². The molecule has 0 radical (unpaired) electrons. The quantitative estimate of drug-likeness (QED) is 0.228. The molecule has 3 atom stereocenters. The highest BCUT2D eigenvalue weighted by molar-refractivity contribution is 6.04. The fraction of sp³-hybridized carbons (Fsp3) is 0.688. The van der Waals surface area contributed by atoms with Gasteiger partial charge in [0.1, 0.15) is 0 Å². The van der Waals surface area contributed by atoms with Crippen LogP contribution in [0.15, 0.2) is 12.7 Å². The molecule has 1 aliphatic carbocycles. The molecule has 7 nitrogen and oxygen atoms in total. The summed E-state index contributed by atoms with van der Waals surface area (Å²) < 4.78 is 14.7. The summed E-state index contributed by atoms with van der Waals surface area (Å²) in [6.07, 6.45) is 2.59. The van der Waals surface area contributed by atoms with Crippen molar-refractivity contribution in [1.29, 1.82) is 0 Å². The Labute approximate surface area is 136 Å². The Bertz CT molecular complexity index is 463. The van der Waals surface area contributed by atoms with Crippen molar-refractivity contribution < 1.29 is 28.6 Å². The Morgan fingerprint density at radius 3 is 2.48 bits per heavy atom. The van der Waals surface area contributed by atoms with Crippen molar-refractivity contribution in [2.45, 2.75) is 39.2 Å². The van der Waals surface area contributed by atoms with Crippen molar-refractivity contribution in [1.82, 2.24) is 5.32 Å². The van der Waals surface area contributed by atoms with Crippen LogP contribution in [-0.2, 0) is 23.8 Å². The van der Waals surface area contributed by atoms with Gasteiger partial charge in [0.05, 0.1) is 20.3 Å². The molecule has 1 fully saturated rings. The molecular formula is C16H25NO6. The number of ether oxygens (including phenoxy) is 3. The molecule has 7 heteroatoms. The summed E-state index contributed by atoms with van der Waals surface area (Å²) in [5.41, 5.74) is -1.24. The molecule has 23 heavy (non-hydrogen) atoms. The smallest absolute Gasteiger partial charge is 0.407 e. The minimum atomic E-state index is -1.24. The van der Waals surface area contributed by atoms with Crippen LogP contribution in [0.2, 0.25) is 0 Å². The van der Waals surface area contributed by atoms with Gasteiger partial charge in [0.25, 0.3) is 0 Å². The summed E-state index contributed by atoms with van der Waals surface area (Å²) in [7, 11) is 1.24. The third kappa shape index (κ3) is 4.71. The van der Waals surface area contributed by atoms with Gasteiger partial charge in [-0.3, -0.25) is 9.59 Å². The van der Waals surface area contributed by atoms with Gasteiger partial charge in [0, 0.05) is 18.4 Å². The molecule has 3 unspecified atom stereocenters. The second kappa shape index (κ2) is 8.55. The number of carbonyl (C=O) groups is 3. The largest absolute Gasteiger partial charge is 0.468 e. The van der Waals surface area contributed by atoms with Crippen molar-refractivity contribution in [3.05, 3.63) is 12.7 Å². The standard InChI is InChI=1S/C16H25NO6/c1-5-11(3)17-15(20)23-9-7-8-22-14(19)16(13(18)21-4)10-12(16)6-2/h6,11-12H,2,5,7-10H2,1,3-4H3,(H,17,20). The van der Waals surface area contributed by atoms with E-state index in [9.17, 15) is 14.4 Å². The normalized spacial score (nSPS) is 23.3. The number of methoxy groups -OCH3 is 1. The molecule has 0 heterocycles. The monoisotopic (exact) mass is 327 g/mol. The zero-order valence-electron chi connectivity index (χ0n) is 13.9. The maximum atomic E-state index is 12.1. The molecular weight excluding hydrogens is 302 g/mol. The molecule has 1 aliphatic rings. The number of hydrogen-bond donors (Lipinski definition) is 1. The molecule has 0 aliphatic heterocycles. The summed E-state index contributed by atoms with van der Waals surface area (Å²) in [6, 6.07) is 0.0472. The number of allylic oxidation sites excluding steroid dienone is 1. The van der Waals surface area contributed by atoms with Crippen LogP contribution in [0.25, 0.3) is 0 Å². The van der Waals surface area contributed by atoms with Crippen LogP contribution in [0.5, 0.6) is 0 Å². The highest BCUT2D eigenvalue weighted by atomic mass is 16.6. The van der Waals surface area contributed by atoms with Crippen LogP contribution in [0.3, 0.4) is 0 Å². The molecule has 0 aromatic heterocycles. The van der Waals surface area contributed by atoms with Crippen molar-refractivity contribution in [3.63, 3.8) is 0 Å². The second-order valence-corrected chi connectivity index (χ2v) is 5.59. The zero-order valence-corrected chi connectivity index (χ0v) is 13.9. The minimum Gasteiger partial charge on any atom is -0.468 e. The molecule has 1 saturated carbocycles. The molecule has 0 bridgehead atoms. The molecule has 0 spiro atoms. The van der Waals surface area contributed by atoms with Gasteiger partial charge in [-0.25, -0.2) is 4.79 Å². The molecule has 0 aromatic rings. The van der Waals surface area contributed by atoms with Gasteiger partial charge in [-0.2, -0.15) is 0 Å². The number of amides is 1. The van der Waals surface area contributed by atoms with E-state index in [2.05, 4.69) is 16.6 Å². The number of esters is 2. The van der Waals surface area contributed by atoms with Gasteiger partial charge in [-0.05, 0) is 19.8 Å². The van der Waals surface area contributed by atoms with Gasteiger partial charge < -0.3 is 19.5 Å². The predicted octanol–water partition coefficient (Wildman–Crippen LogP) is 1.81. The van der Waals surface area contributed by atoms with Gasteiger partial charge in [-0.15, -0.1) is 6.58 Å². The van der Waals surface area contributed by atoms with Gasteiger partial charge >= 0.3 is 18.0 Å². The van der Waals surface area contributed by atoms with E-state index in [1.165, 1.54) is 7.11 Å². The van der Waals surface area contributed by atoms with Gasteiger partial charge in [0.2, 0.25) is 0 Å². The lowest BCUT2D eigenvalue weighted by atomic mass is 10.0. The molecule has 1 N–H and O–H groups in total. The number of nitrogens with one attached hydrogen (secondary N) is 1. The second-order valence-electron chi connectivity index (χ2n) is 5.59. The molecule has 1 amide bonds. The van der Waals surface area contributed by atoms with Crippen LogP contribution in [-0.4, -0.2) is 44.4 Å². The maximum Gasteiger partial charge on any atom is 0.407 e. The van der Waals surface area contributed by atoms with E-state index in [-0.39, 0.29) is 25.2 Å². The Balaban J connectivity index is 2.28. The molecule has 130 valence electrons. The fourth-order valence-corrected chi connectivity index (χ4v) is 2.17. The molecule has 1 rings (SSSR count). The number of alkyl carbamates (subject to hydrolysis) is 1. The Morgan fingerprint density at radius 2 is 1.96 bits per heavy atom. The highest BCUT2D eigenvalue weighted by Gasteiger charge is 2.66. The summed E-state index contributed by atoms with van der Waals surface area (Å²) in [5, 5.41) is 2.66. The first-order chi connectivity index (χ1) is 10.9. The third-order valence-electron chi connectivity index (χ3n) is 3.94. The van der Waals surface area contributed by atoms with E-state index in [0.29, 0.717) is 12.8 Å². The van der Waals surface area contributed by atoms with E-state index in [0.717, 1.165) is 6.42 Å². The number of carbonyl (C=O) groups excluding carboxylic acids is 3. The van der Waals surface area contributed by atoms with E-state index in [4.69, 9.17) is 9.47 Å². The SMILES string of the molecule is C=CC1CC1(C(=O)OC)C(=O)OCCCOC(=O)NC(C)CC. The first-order valence-corrected chi connectivity index (χ1v) is 7.73. The summed E-state index contributed by atoms with van der Waals surface area (Å²) in [6.45, 7) is 7.63. The summed E-state index contributed by atoms with van der Waals surface area (Å²) in [5.74, 6) is -1.46. The van der Waals surface area contributed by atoms with Crippen LogP contribution in [0, 0.1) is 11.3 Å². The number of hydrogen-bond acceptors (Lipinski definition) is 6. The summed E-state index contributed by atoms with van der Waals surface area (Å²) in [4.78, 5) is 35.2. The first-order valence-electron chi connectivity index (χ1n) is 7.73. The Morgan fingerprint density at radius 1 is 1.30 bits per heavy atom. The fourth-order valence-electron chi connectivity index (χ4n) is 2.17. The maximum absolute atomic E-state index is 12.1. The van der Waals surface area contributed by atoms with Crippen LogP contribution in [0.4, 0.5) is 4.79 Å². The lowest BCUT2D eigenvalue weighted by Gasteiger charge is -2.14. The third-order valence-corrected chi connectivity index (χ3v) is 3.94. The average Bonchev–Trinajstić information content (AvgIpc) is 3.29. The minimum absolute atomic E-state index is 0.0472. The van der Waals surface area contributed by atoms with Gasteiger partial charge in [-0.1, -0.05) is 13.0 Å². The van der Waals surface area contributed by atoms with E-state index in [1.54, 1.807) is 6.08 Å². The summed E-state index contributed by atoms with van der Waals surface area (Å²) >= 11 is 0. The van der Waals surface area contributed by atoms with Gasteiger partial charge in [0.15, 0.2) is 5.41 Å². The van der Waals surface area contributed by atoms with Crippen LogP contribution in [0.1, 0.15) is 33.1 Å². The topological polar surface area (TPSA) is 90.9 Å². The van der Waals surface area contributed by atoms with E-state index < -0.39 is 23.4 Å². The number of rotatable bonds is 9. The molecule has 0 saturated heterocycles. The van der Waals surface area contributed by atoms with Crippen molar-refractivity contribution in [2.24, 2.45) is 11.3 Å². The lowest BCUT2D eigenvalue weighted by molar-refractivity contribution is -0.163. The van der Waals surface area contributed by atoms with E-state index in [1.807, 2.05) is 13.8 Å². The highest BCUT2D eigenvalue weighted by Crippen LogP contribution is 2.55. The van der Waals surface area contributed by atoms with Crippen LogP contribution < -0.4 is 5.32 Å². The average molecular weight is 327 g/mol. The van der Waals surface area contributed by atoms with Crippen LogP contribution >= 0.6 is 0 Å². The van der Waals surface area contributed by atoms with Crippen molar-refractivity contribution in [2.75, 3.05) is 20.3 Å². The Kier molecular flexibility index (Phi) is 7.06. The lowest BCUT2D eigenvalue weighted by Crippen LogP contribution is -2.33. The predicted molar refractivity (Wildman–Crippen MR) is 82.6 cm³/mol. The zero-order chi connectivity index (χ0) is 17.5. The molecule has 0 aromatic carbocycles. The first kappa shape index (κ1) is 19.0. The van der Waals surface area contributed by atoms with E-state index >= 15 is 0 Å². The van der Waals surface area contributed by atoms with Crippen molar-refractivity contribution >= 4 is 18.0 Å². The Hall–Kier alpha value is -2.05.